The molecule has 27 heavy (non-hydrogen) atoms. The number of fused-ring (bicyclic) bond motifs is 1. The fourth-order valence-corrected chi connectivity index (χ4v) is 3.41. The molecule has 0 amide bonds. The summed E-state index contributed by atoms with van der Waals surface area (Å²) in [7, 11) is 0. The smallest absolute Gasteiger partial charge is 0.273 e. The predicted molar refractivity (Wildman–Crippen MR) is 101 cm³/mol. The molecule has 1 aliphatic heterocycles. The summed E-state index contributed by atoms with van der Waals surface area (Å²) in [5, 5.41) is 11.2. The molecule has 1 aliphatic rings. The molecule has 0 unspecified atom stereocenters. The Kier molecular flexibility index (Phi) is 4.52. The third-order valence-corrected chi connectivity index (χ3v) is 4.78. The van der Waals surface area contributed by atoms with E-state index >= 15 is 0 Å². The molecule has 7 nitrogen and oxygen atoms in total. The Balaban J connectivity index is 1.59. The maximum absolute atomic E-state index is 12.6. The van der Waals surface area contributed by atoms with Crippen LogP contribution >= 0.6 is 0 Å². The van der Waals surface area contributed by atoms with Crippen molar-refractivity contribution in [1.82, 2.24) is 14.9 Å². The molecule has 3 aromatic rings. The lowest BCUT2D eigenvalue weighted by Gasteiger charge is -2.27. The van der Waals surface area contributed by atoms with Gasteiger partial charge >= 0.3 is 0 Å². The molecule has 0 saturated carbocycles. The molecule has 2 aromatic carbocycles. The van der Waals surface area contributed by atoms with Crippen molar-refractivity contribution in [2.75, 3.05) is 6.54 Å². The Hall–Kier alpha value is -3.32. The topological polar surface area (TPSA) is 92.1 Å². The van der Waals surface area contributed by atoms with Crippen LogP contribution in [0, 0.1) is 10.1 Å². The van der Waals surface area contributed by atoms with Crippen LogP contribution in [0.3, 0.4) is 0 Å². The van der Waals surface area contributed by atoms with Crippen molar-refractivity contribution in [1.29, 1.82) is 0 Å². The Morgan fingerprint density at radius 3 is 2.63 bits per heavy atom. The molecule has 0 spiro atoms. The Morgan fingerprint density at radius 1 is 1.11 bits per heavy atom. The van der Waals surface area contributed by atoms with Gasteiger partial charge < -0.3 is 4.98 Å². The van der Waals surface area contributed by atoms with Gasteiger partial charge in [-0.3, -0.25) is 19.8 Å². The van der Waals surface area contributed by atoms with Crippen molar-refractivity contribution in [2.45, 2.75) is 19.5 Å². The standard InChI is InChI=1S/C20H18N4O3/c25-20-16-13-23(12-15-8-4-5-9-18(15)24(26)27)11-10-17(16)21-19(22-20)14-6-2-1-3-7-14/h1-9H,10-13H2,(H,21,22,25). The fraction of sp³-hybridized carbons (Fsp3) is 0.200. The number of nitro groups is 1. The van der Waals surface area contributed by atoms with Gasteiger partial charge in [-0.1, -0.05) is 48.5 Å². The molecule has 136 valence electrons. The molecule has 2 heterocycles. The first kappa shape index (κ1) is 17.1. The van der Waals surface area contributed by atoms with Crippen LogP contribution in [0.1, 0.15) is 16.8 Å². The van der Waals surface area contributed by atoms with E-state index in [1.165, 1.54) is 6.07 Å². The van der Waals surface area contributed by atoms with Gasteiger partial charge in [-0.2, -0.15) is 0 Å². The molecular weight excluding hydrogens is 344 g/mol. The van der Waals surface area contributed by atoms with Crippen LogP contribution in [0.25, 0.3) is 11.4 Å². The van der Waals surface area contributed by atoms with Crippen LogP contribution in [0.2, 0.25) is 0 Å². The number of aromatic amines is 1. The monoisotopic (exact) mass is 362 g/mol. The largest absolute Gasteiger partial charge is 0.306 e. The van der Waals surface area contributed by atoms with Gasteiger partial charge in [0.15, 0.2) is 0 Å². The van der Waals surface area contributed by atoms with Crippen LogP contribution in [-0.4, -0.2) is 26.3 Å². The highest BCUT2D eigenvalue weighted by Gasteiger charge is 2.23. The van der Waals surface area contributed by atoms with Gasteiger partial charge in [0, 0.05) is 43.2 Å². The minimum Gasteiger partial charge on any atom is -0.306 e. The van der Waals surface area contributed by atoms with Crippen LogP contribution in [0.15, 0.2) is 59.4 Å². The maximum Gasteiger partial charge on any atom is 0.273 e. The second kappa shape index (κ2) is 7.13. The van der Waals surface area contributed by atoms with E-state index < -0.39 is 0 Å². The van der Waals surface area contributed by atoms with E-state index in [4.69, 9.17) is 0 Å². The zero-order valence-electron chi connectivity index (χ0n) is 14.6. The SMILES string of the molecule is O=c1[nH]c(-c2ccccc2)nc2c1CN(Cc1ccccc1[N+](=O)[O-])CC2. The number of nitro benzene ring substituents is 1. The van der Waals surface area contributed by atoms with Crippen molar-refractivity contribution in [3.63, 3.8) is 0 Å². The number of hydrogen-bond acceptors (Lipinski definition) is 5. The van der Waals surface area contributed by atoms with E-state index in [1.54, 1.807) is 18.2 Å². The van der Waals surface area contributed by atoms with E-state index in [0.29, 0.717) is 43.0 Å². The van der Waals surface area contributed by atoms with E-state index in [1.807, 2.05) is 35.2 Å². The van der Waals surface area contributed by atoms with Crippen molar-refractivity contribution < 1.29 is 4.92 Å². The van der Waals surface area contributed by atoms with Gasteiger partial charge in [0.25, 0.3) is 11.2 Å². The average molecular weight is 362 g/mol. The quantitative estimate of drug-likeness (QED) is 0.569. The number of nitrogens with zero attached hydrogens (tertiary/aromatic N) is 3. The summed E-state index contributed by atoms with van der Waals surface area (Å²) in [5.41, 5.74) is 2.92. The van der Waals surface area contributed by atoms with Crippen molar-refractivity contribution in [2.24, 2.45) is 0 Å². The maximum atomic E-state index is 12.6. The first-order valence-electron chi connectivity index (χ1n) is 8.74. The highest BCUT2D eigenvalue weighted by molar-refractivity contribution is 5.54. The minimum atomic E-state index is -0.367. The summed E-state index contributed by atoms with van der Waals surface area (Å²) < 4.78 is 0. The van der Waals surface area contributed by atoms with Crippen molar-refractivity contribution in [3.05, 3.63) is 91.9 Å². The van der Waals surface area contributed by atoms with E-state index in [2.05, 4.69) is 9.97 Å². The first-order chi connectivity index (χ1) is 13.1. The number of para-hydroxylation sites is 1. The minimum absolute atomic E-state index is 0.106. The molecule has 1 N–H and O–H groups in total. The van der Waals surface area contributed by atoms with E-state index in [9.17, 15) is 14.9 Å². The zero-order valence-corrected chi connectivity index (χ0v) is 14.6. The summed E-state index contributed by atoms with van der Waals surface area (Å²) >= 11 is 0. The lowest BCUT2D eigenvalue weighted by molar-refractivity contribution is -0.385. The number of aromatic nitrogens is 2. The van der Waals surface area contributed by atoms with Gasteiger partial charge in [-0.25, -0.2) is 4.98 Å². The van der Waals surface area contributed by atoms with Crippen molar-refractivity contribution >= 4 is 5.69 Å². The summed E-state index contributed by atoms with van der Waals surface area (Å²) in [5.74, 6) is 0.575. The molecule has 0 atom stereocenters. The normalized spacial score (nSPS) is 13.9. The Labute approximate surface area is 155 Å². The van der Waals surface area contributed by atoms with Gasteiger partial charge in [0.05, 0.1) is 16.2 Å². The third-order valence-electron chi connectivity index (χ3n) is 4.78. The molecule has 7 heteroatoms. The number of H-pyrrole nitrogens is 1. The number of nitrogens with one attached hydrogen (secondary N) is 1. The Bertz CT molecular complexity index is 1050. The molecule has 0 fully saturated rings. The molecule has 4 rings (SSSR count). The summed E-state index contributed by atoms with van der Waals surface area (Å²) in [6.45, 7) is 1.55. The molecule has 0 aliphatic carbocycles. The van der Waals surface area contributed by atoms with E-state index in [0.717, 1.165) is 11.3 Å². The fourth-order valence-electron chi connectivity index (χ4n) is 3.41. The predicted octanol–water partition coefficient (Wildman–Crippen LogP) is 2.90. The molecule has 1 aromatic heterocycles. The zero-order chi connectivity index (χ0) is 18.8. The van der Waals surface area contributed by atoms with Crippen LogP contribution < -0.4 is 5.56 Å². The highest BCUT2D eigenvalue weighted by atomic mass is 16.6. The summed E-state index contributed by atoms with van der Waals surface area (Å²) in [6, 6.07) is 16.3. The number of benzene rings is 2. The lowest BCUT2D eigenvalue weighted by atomic mass is 10.0. The van der Waals surface area contributed by atoms with Gasteiger partial charge in [0.2, 0.25) is 0 Å². The van der Waals surface area contributed by atoms with Crippen LogP contribution in [0.4, 0.5) is 5.69 Å². The van der Waals surface area contributed by atoms with Crippen molar-refractivity contribution in [3.8, 4) is 11.4 Å². The molecule has 0 radical (unpaired) electrons. The van der Waals surface area contributed by atoms with Gasteiger partial charge in [-0.05, 0) is 0 Å². The second-order valence-corrected chi connectivity index (χ2v) is 6.55. The number of rotatable bonds is 4. The van der Waals surface area contributed by atoms with E-state index in [-0.39, 0.29) is 16.2 Å². The Morgan fingerprint density at radius 2 is 1.85 bits per heavy atom. The second-order valence-electron chi connectivity index (χ2n) is 6.55. The molecule has 0 bridgehead atoms. The summed E-state index contributed by atoms with van der Waals surface area (Å²) in [4.78, 5) is 33.0. The average Bonchev–Trinajstić information content (AvgIpc) is 2.69. The first-order valence-corrected chi connectivity index (χ1v) is 8.74. The summed E-state index contributed by atoms with van der Waals surface area (Å²) in [6.07, 6.45) is 0.639. The number of hydrogen-bond donors (Lipinski definition) is 1. The molecule has 0 saturated heterocycles. The highest BCUT2D eigenvalue weighted by Crippen LogP contribution is 2.23. The lowest BCUT2D eigenvalue weighted by Crippen LogP contribution is -2.35. The third kappa shape index (κ3) is 3.50. The van der Waals surface area contributed by atoms with Crippen LogP contribution in [0.5, 0.6) is 0 Å². The van der Waals surface area contributed by atoms with Gasteiger partial charge in [-0.15, -0.1) is 0 Å². The van der Waals surface area contributed by atoms with Crippen LogP contribution in [-0.2, 0) is 19.5 Å². The van der Waals surface area contributed by atoms with Gasteiger partial charge in [0.1, 0.15) is 5.82 Å². The molecular formula is C20H18N4O3.